The number of nitrogens with zero attached hydrogens (tertiary/aromatic N) is 3. The molecule has 1 aliphatic rings. The molecule has 2 aromatic heterocycles. The van der Waals surface area contributed by atoms with Crippen LogP contribution in [0.2, 0.25) is 0 Å². The molecule has 38 heavy (non-hydrogen) atoms. The quantitative estimate of drug-likeness (QED) is 0.275. The first-order valence-corrected chi connectivity index (χ1v) is 13.4. The minimum Gasteiger partial charge on any atom is -0.351 e. The van der Waals surface area contributed by atoms with Crippen molar-refractivity contribution in [2.24, 2.45) is 0 Å². The normalized spacial score (nSPS) is 16.9. The number of hydrogen-bond donors (Lipinski definition) is 2. The number of nitrogens with one attached hydrogen (secondary N) is 2. The summed E-state index contributed by atoms with van der Waals surface area (Å²) in [6, 6.07) is 24.7. The van der Waals surface area contributed by atoms with Crippen LogP contribution in [-0.2, 0) is 11.3 Å². The van der Waals surface area contributed by atoms with Crippen molar-refractivity contribution in [2.75, 3.05) is 10.2 Å². The molecule has 5 rings (SSSR count). The zero-order valence-electron chi connectivity index (χ0n) is 22.2. The molecular weight excluding hydrogens is 490 g/mol. The van der Waals surface area contributed by atoms with Crippen LogP contribution in [0.4, 0.5) is 11.4 Å². The molecule has 1 saturated heterocycles. The lowest BCUT2D eigenvalue weighted by atomic mass is 9.96. The van der Waals surface area contributed by atoms with E-state index in [2.05, 4.69) is 76.4 Å². The summed E-state index contributed by atoms with van der Waals surface area (Å²) in [5.41, 5.74) is 8.61. The molecule has 0 spiro atoms. The van der Waals surface area contributed by atoms with E-state index >= 15 is 0 Å². The summed E-state index contributed by atoms with van der Waals surface area (Å²) < 4.78 is 2.37. The number of pyridine rings is 1. The van der Waals surface area contributed by atoms with Crippen molar-refractivity contribution < 1.29 is 4.79 Å². The summed E-state index contributed by atoms with van der Waals surface area (Å²) >= 11 is 5.94. The third kappa shape index (κ3) is 4.94. The van der Waals surface area contributed by atoms with Crippen LogP contribution in [-0.4, -0.2) is 20.6 Å². The van der Waals surface area contributed by atoms with Crippen LogP contribution in [0.3, 0.4) is 0 Å². The van der Waals surface area contributed by atoms with E-state index in [1.165, 1.54) is 22.5 Å². The number of rotatable bonds is 7. The van der Waals surface area contributed by atoms with Crippen LogP contribution in [0.5, 0.6) is 0 Å². The number of amides is 1. The van der Waals surface area contributed by atoms with Crippen LogP contribution >= 0.6 is 12.2 Å². The lowest BCUT2D eigenvalue weighted by molar-refractivity contribution is -0.115. The molecule has 2 aromatic carbocycles. The number of aromatic nitrogens is 2. The molecule has 1 fully saturated rings. The van der Waals surface area contributed by atoms with Gasteiger partial charge in [-0.3, -0.25) is 9.78 Å². The lowest BCUT2D eigenvalue weighted by Gasteiger charge is -2.29. The zero-order chi connectivity index (χ0) is 26.8. The maximum atomic E-state index is 12.0. The van der Waals surface area contributed by atoms with Gasteiger partial charge in [-0.25, -0.2) is 0 Å². The minimum absolute atomic E-state index is 0.00171. The van der Waals surface area contributed by atoms with Crippen LogP contribution in [0, 0.1) is 20.8 Å². The molecule has 7 heteroatoms. The largest absolute Gasteiger partial charge is 0.351 e. The Hall–Kier alpha value is -3.97. The second kappa shape index (κ2) is 10.8. The molecule has 4 aromatic rings. The van der Waals surface area contributed by atoms with Crippen molar-refractivity contribution in [3.8, 4) is 0 Å². The molecule has 6 nitrogen and oxygen atoms in total. The molecule has 0 unspecified atom stereocenters. The molecule has 0 bridgehead atoms. The van der Waals surface area contributed by atoms with Gasteiger partial charge in [-0.2, -0.15) is 0 Å². The van der Waals surface area contributed by atoms with E-state index in [-0.39, 0.29) is 18.0 Å². The Labute approximate surface area is 229 Å². The summed E-state index contributed by atoms with van der Waals surface area (Å²) in [6.07, 6.45) is 2.27. The summed E-state index contributed by atoms with van der Waals surface area (Å²) in [5.74, 6) is -0.00171. The van der Waals surface area contributed by atoms with Crippen molar-refractivity contribution in [1.29, 1.82) is 0 Å². The predicted molar refractivity (Wildman–Crippen MR) is 157 cm³/mol. The number of carbonyl (C=O) groups is 1. The smallest absolute Gasteiger partial charge is 0.224 e. The van der Waals surface area contributed by atoms with Gasteiger partial charge in [0.2, 0.25) is 5.91 Å². The Balaban J connectivity index is 1.59. The number of carbonyl (C=O) groups excluding carboxylic acids is 1. The van der Waals surface area contributed by atoms with Gasteiger partial charge in [-0.1, -0.05) is 43.3 Å². The number of hydrogen-bond acceptors (Lipinski definition) is 3. The molecule has 3 heterocycles. The molecule has 1 amide bonds. The first-order chi connectivity index (χ1) is 18.4. The van der Waals surface area contributed by atoms with Gasteiger partial charge < -0.3 is 20.1 Å². The Bertz CT molecular complexity index is 1460. The van der Waals surface area contributed by atoms with Gasteiger partial charge in [0.25, 0.3) is 0 Å². The Morgan fingerprint density at radius 3 is 2.47 bits per heavy atom. The monoisotopic (exact) mass is 523 g/mol. The number of anilines is 2. The van der Waals surface area contributed by atoms with Gasteiger partial charge in [-0.15, -0.1) is 0 Å². The first-order valence-electron chi connectivity index (χ1n) is 13.0. The number of benzene rings is 2. The van der Waals surface area contributed by atoms with Gasteiger partial charge in [0, 0.05) is 41.9 Å². The van der Waals surface area contributed by atoms with Crippen molar-refractivity contribution in [3.63, 3.8) is 0 Å². The summed E-state index contributed by atoms with van der Waals surface area (Å²) in [5, 5.41) is 7.21. The van der Waals surface area contributed by atoms with E-state index in [9.17, 15) is 4.79 Å². The highest BCUT2D eigenvalue weighted by Gasteiger charge is 2.42. The Morgan fingerprint density at radius 1 is 1.03 bits per heavy atom. The molecule has 0 radical (unpaired) electrons. The van der Waals surface area contributed by atoms with Crippen molar-refractivity contribution in [3.05, 3.63) is 113 Å². The maximum absolute atomic E-state index is 12.0. The van der Waals surface area contributed by atoms with Gasteiger partial charge in [0.1, 0.15) is 0 Å². The van der Waals surface area contributed by atoms with E-state index < -0.39 is 0 Å². The van der Waals surface area contributed by atoms with Gasteiger partial charge in [0.05, 0.1) is 17.8 Å². The van der Waals surface area contributed by atoms with E-state index in [1.807, 2.05) is 50.4 Å². The average Bonchev–Trinajstić information content (AvgIpc) is 3.41. The molecule has 2 atom stereocenters. The fraction of sp³-hybridized carbons (Fsp3) is 0.258. The zero-order valence-corrected chi connectivity index (χ0v) is 23.0. The molecule has 1 aliphatic heterocycles. The topological polar surface area (TPSA) is 62.2 Å². The van der Waals surface area contributed by atoms with Gasteiger partial charge >= 0.3 is 0 Å². The Kier molecular flexibility index (Phi) is 7.29. The van der Waals surface area contributed by atoms with E-state index in [0.717, 1.165) is 29.2 Å². The van der Waals surface area contributed by atoms with Crippen LogP contribution < -0.4 is 15.5 Å². The van der Waals surface area contributed by atoms with Crippen molar-refractivity contribution >= 4 is 34.6 Å². The number of aryl methyl sites for hydroxylation is 2. The maximum Gasteiger partial charge on any atom is 0.224 e. The summed E-state index contributed by atoms with van der Waals surface area (Å²) in [7, 11) is 0. The summed E-state index contributed by atoms with van der Waals surface area (Å²) in [6.45, 7) is 9.02. The molecule has 0 aliphatic carbocycles. The van der Waals surface area contributed by atoms with Gasteiger partial charge in [0.15, 0.2) is 5.11 Å². The standard InChI is InChI=1S/C31H33N5OS/c1-5-28(37)33-26-15-14-24(17-20(26)2)36-30(29(34-31(36)38)27-13-9-10-16-32-27)25-18-21(3)35(22(25)4)19-23-11-7-6-8-12-23/h6-18,29-30H,5,19H2,1-4H3,(H,33,37)(H,34,38)/t29-,30-/m0/s1. The molecule has 0 saturated carbocycles. The molecular formula is C31H33N5OS. The highest BCUT2D eigenvalue weighted by atomic mass is 32.1. The summed E-state index contributed by atoms with van der Waals surface area (Å²) in [4.78, 5) is 18.9. The van der Waals surface area contributed by atoms with Crippen LogP contribution in [0.25, 0.3) is 0 Å². The van der Waals surface area contributed by atoms with Crippen LogP contribution in [0.15, 0.2) is 79.0 Å². The average molecular weight is 524 g/mol. The predicted octanol–water partition coefficient (Wildman–Crippen LogP) is 6.38. The van der Waals surface area contributed by atoms with E-state index in [4.69, 9.17) is 17.2 Å². The third-order valence-electron chi connectivity index (χ3n) is 7.30. The molecule has 194 valence electrons. The Morgan fingerprint density at radius 2 is 1.79 bits per heavy atom. The highest BCUT2D eigenvalue weighted by Crippen LogP contribution is 2.44. The van der Waals surface area contributed by atoms with E-state index in [0.29, 0.717) is 11.5 Å². The van der Waals surface area contributed by atoms with Crippen molar-refractivity contribution in [2.45, 2.75) is 52.7 Å². The van der Waals surface area contributed by atoms with Crippen LogP contribution in [0.1, 0.15) is 59.2 Å². The second-order valence-corrected chi connectivity index (χ2v) is 10.2. The SMILES string of the molecule is CCC(=O)Nc1ccc(N2C(=S)N[C@@H](c3ccccn3)[C@@H]2c2cc(C)n(Cc3ccccc3)c2C)cc1C. The minimum atomic E-state index is -0.117. The first kappa shape index (κ1) is 25.7. The highest BCUT2D eigenvalue weighted by molar-refractivity contribution is 7.80. The fourth-order valence-corrected chi connectivity index (χ4v) is 5.61. The van der Waals surface area contributed by atoms with Gasteiger partial charge in [-0.05, 0) is 86.1 Å². The second-order valence-electron chi connectivity index (χ2n) is 9.80. The molecule has 2 N–H and O–H groups in total. The van der Waals surface area contributed by atoms with E-state index in [1.54, 1.807) is 0 Å². The number of thiocarbonyl (C=S) groups is 1. The third-order valence-corrected chi connectivity index (χ3v) is 7.61. The fourth-order valence-electron chi connectivity index (χ4n) is 5.26. The lowest BCUT2D eigenvalue weighted by Crippen LogP contribution is -2.29. The van der Waals surface area contributed by atoms with Crippen molar-refractivity contribution in [1.82, 2.24) is 14.9 Å².